The van der Waals surface area contributed by atoms with Crippen LogP contribution in [0.4, 0.5) is 0 Å². The van der Waals surface area contributed by atoms with Crippen LogP contribution in [0.1, 0.15) is 47.0 Å². The fourth-order valence-corrected chi connectivity index (χ4v) is 0.953. The Hall–Kier alpha value is -0.260. The van der Waals surface area contributed by atoms with Gasteiger partial charge in [-0.3, -0.25) is 0 Å². The molecule has 0 nitrogen and oxygen atoms in total. The van der Waals surface area contributed by atoms with Crippen LogP contribution < -0.4 is 0 Å². The second kappa shape index (κ2) is 6.45. The molecule has 1 atom stereocenters. The molecule has 0 aromatic rings. The molecule has 0 aliphatic carbocycles. The minimum atomic E-state index is 0.715. The Morgan fingerprint density at radius 1 is 1.18 bits per heavy atom. The van der Waals surface area contributed by atoms with E-state index in [2.05, 4.69) is 39.8 Å². The maximum absolute atomic E-state index is 2.32. The summed E-state index contributed by atoms with van der Waals surface area (Å²) in [4.78, 5) is 0. The largest absolute Gasteiger partial charge is 0.0883 e. The Kier molecular flexibility index (Phi) is 6.30. The summed E-state index contributed by atoms with van der Waals surface area (Å²) >= 11 is 0. The van der Waals surface area contributed by atoms with Crippen LogP contribution in [0.25, 0.3) is 0 Å². The van der Waals surface area contributed by atoms with E-state index in [9.17, 15) is 0 Å². The van der Waals surface area contributed by atoms with Gasteiger partial charge < -0.3 is 0 Å². The van der Waals surface area contributed by atoms with Crippen molar-refractivity contribution in [1.29, 1.82) is 0 Å². The lowest BCUT2D eigenvalue weighted by Crippen LogP contribution is -1.89. The van der Waals surface area contributed by atoms with E-state index >= 15 is 0 Å². The molecule has 0 aromatic carbocycles. The first-order valence-corrected chi connectivity index (χ1v) is 4.83. The first-order chi connectivity index (χ1) is 5.16. The lowest BCUT2D eigenvalue weighted by atomic mass is 10.0. The topological polar surface area (TPSA) is 0 Å². The van der Waals surface area contributed by atoms with Gasteiger partial charge in [-0.25, -0.2) is 0 Å². The van der Waals surface area contributed by atoms with Gasteiger partial charge in [-0.05, 0) is 24.7 Å². The molecule has 0 spiro atoms. The smallest absolute Gasteiger partial charge is 0.0290 e. The summed E-state index contributed by atoms with van der Waals surface area (Å²) in [6.45, 7) is 9.03. The second-order valence-corrected chi connectivity index (χ2v) is 3.76. The average molecular weight is 154 g/mol. The van der Waals surface area contributed by atoms with E-state index in [1.165, 1.54) is 19.3 Å². The van der Waals surface area contributed by atoms with Crippen molar-refractivity contribution in [3.05, 3.63) is 12.2 Å². The Morgan fingerprint density at radius 2 is 1.82 bits per heavy atom. The molecule has 0 heteroatoms. The summed E-state index contributed by atoms with van der Waals surface area (Å²) in [7, 11) is 0. The number of hydrogen-bond acceptors (Lipinski definition) is 0. The van der Waals surface area contributed by atoms with Gasteiger partial charge in [0.15, 0.2) is 0 Å². The molecule has 0 saturated heterocycles. The van der Waals surface area contributed by atoms with Gasteiger partial charge in [0.25, 0.3) is 0 Å². The molecule has 1 unspecified atom stereocenters. The van der Waals surface area contributed by atoms with Crippen LogP contribution in [-0.4, -0.2) is 0 Å². The van der Waals surface area contributed by atoms with Crippen LogP contribution in [0.15, 0.2) is 12.2 Å². The second-order valence-electron chi connectivity index (χ2n) is 3.76. The molecule has 0 saturated carbocycles. The summed E-state index contributed by atoms with van der Waals surface area (Å²) in [5.74, 6) is 1.61. The van der Waals surface area contributed by atoms with E-state index in [1.807, 2.05) is 0 Å². The predicted molar refractivity (Wildman–Crippen MR) is 52.7 cm³/mol. The summed E-state index contributed by atoms with van der Waals surface area (Å²) in [5.41, 5.74) is 0. The van der Waals surface area contributed by atoms with Crippen LogP contribution in [0.2, 0.25) is 0 Å². The predicted octanol–water partition coefficient (Wildman–Crippen LogP) is 4.02. The molecule has 0 radical (unpaired) electrons. The number of rotatable bonds is 5. The van der Waals surface area contributed by atoms with Crippen molar-refractivity contribution in [2.45, 2.75) is 47.0 Å². The van der Waals surface area contributed by atoms with Gasteiger partial charge >= 0.3 is 0 Å². The van der Waals surface area contributed by atoms with E-state index in [0.29, 0.717) is 5.92 Å². The van der Waals surface area contributed by atoms with Gasteiger partial charge in [0, 0.05) is 0 Å². The highest BCUT2D eigenvalue weighted by atomic mass is 14.0. The van der Waals surface area contributed by atoms with Crippen molar-refractivity contribution in [2.75, 3.05) is 0 Å². The van der Waals surface area contributed by atoms with E-state index in [0.717, 1.165) is 5.92 Å². The molecule has 0 rings (SSSR count). The van der Waals surface area contributed by atoms with E-state index in [4.69, 9.17) is 0 Å². The Balaban J connectivity index is 3.26. The van der Waals surface area contributed by atoms with Crippen molar-refractivity contribution >= 4 is 0 Å². The van der Waals surface area contributed by atoms with Crippen molar-refractivity contribution < 1.29 is 0 Å². The molecule has 0 aromatic heterocycles. The van der Waals surface area contributed by atoms with E-state index < -0.39 is 0 Å². The third-order valence-electron chi connectivity index (χ3n) is 2.04. The van der Waals surface area contributed by atoms with Gasteiger partial charge in [0.05, 0.1) is 0 Å². The maximum Gasteiger partial charge on any atom is -0.0290 e. The number of hydrogen-bond donors (Lipinski definition) is 0. The fraction of sp³-hybridized carbons (Fsp3) is 0.818. The number of allylic oxidation sites excluding steroid dienone is 2. The zero-order valence-corrected chi connectivity index (χ0v) is 8.43. The minimum Gasteiger partial charge on any atom is -0.0883 e. The minimum absolute atomic E-state index is 0.715. The third-order valence-corrected chi connectivity index (χ3v) is 2.04. The average Bonchev–Trinajstić information content (AvgIpc) is 1.97. The first kappa shape index (κ1) is 10.7. The molecule has 0 fully saturated rings. The van der Waals surface area contributed by atoms with Crippen LogP contribution in [0.3, 0.4) is 0 Å². The van der Waals surface area contributed by atoms with Gasteiger partial charge in [-0.15, -0.1) is 0 Å². The molecule has 0 aliphatic rings. The van der Waals surface area contributed by atoms with Gasteiger partial charge in [-0.1, -0.05) is 46.3 Å². The zero-order chi connectivity index (χ0) is 8.69. The van der Waals surface area contributed by atoms with Gasteiger partial charge in [0.2, 0.25) is 0 Å². The SMILES string of the molecule is CCC(C)CCC=CC(C)C. The lowest BCUT2D eigenvalue weighted by Gasteiger charge is -2.04. The zero-order valence-electron chi connectivity index (χ0n) is 8.43. The molecule has 0 aliphatic heterocycles. The molecule has 0 bridgehead atoms. The van der Waals surface area contributed by atoms with Crippen LogP contribution >= 0.6 is 0 Å². The highest BCUT2D eigenvalue weighted by Gasteiger charge is 1.94. The van der Waals surface area contributed by atoms with E-state index in [-0.39, 0.29) is 0 Å². The normalized spacial score (nSPS) is 14.6. The fourth-order valence-electron chi connectivity index (χ4n) is 0.953. The van der Waals surface area contributed by atoms with Crippen molar-refractivity contribution in [2.24, 2.45) is 11.8 Å². The van der Waals surface area contributed by atoms with Crippen molar-refractivity contribution in [3.63, 3.8) is 0 Å². The van der Waals surface area contributed by atoms with Crippen LogP contribution in [-0.2, 0) is 0 Å². The molecule has 66 valence electrons. The molecule has 0 amide bonds. The Morgan fingerprint density at radius 3 is 2.27 bits per heavy atom. The molecule has 0 N–H and O–H groups in total. The van der Waals surface area contributed by atoms with Gasteiger partial charge in [0.1, 0.15) is 0 Å². The van der Waals surface area contributed by atoms with Crippen LogP contribution in [0.5, 0.6) is 0 Å². The molecular formula is C11H22. The molecule has 0 heterocycles. The van der Waals surface area contributed by atoms with Gasteiger partial charge in [-0.2, -0.15) is 0 Å². The summed E-state index contributed by atoms with van der Waals surface area (Å²) < 4.78 is 0. The molecular weight excluding hydrogens is 132 g/mol. The summed E-state index contributed by atoms with van der Waals surface area (Å²) in [6.07, 6.45) is 8.53. The maximum atomic E-state index is 2.32. The van der Waals surface area contributed by atoms with Crippen molar-refractivity contribution in [3.8, 4) is 0 Å². The first-order valence-electron chi connectivity index (χ1n) is 4.83. The highest BCUT2D eigenvalue weighted by molar-refractivity contribution is 4.84. The third kappa shape index (κ3) is 7.64. The highest BCUT2D eigenvalue weighted by Crippen LogP contribution is 2.09. The summed E-state index contributed by atoms with van der Waals surface area (Å²) in [6, 6.07) is 0. The molecule has 11 heavy (non-hydrogen) atoms. The Bertz CT molecular complexity index is 101. The van der Waals surface area contributed by atoms with Crippen molar-refractivity contribution in [1.82, 2.24) is 0 Å². The quantitative estimate of drug-likeness (QED) is 0.524. The standard InChI is InChI=1S/C11H22/c1-5-11(4)9-7-6-8-10(2)3/h6,8,10-11H,5,7,9H2,1-4H3. The summed E-state index contributed by atoms with van der Waals surface area (Å²) in [5, 5.41) is 0. The van der Waals surface area contributed by atoms with E-state index in [1.54, 1.807) is 0 Å². The Labute approximate surface area is 71.7 Å². The van der Waals surface area contributed by atoms with Crippen LogP contribution in [0, 0.1) is 11.8 Å². The monoisotopic (exact) mass is 154 g/mol. The lowest BCUT2D eigenvalue weighted by molar-refractivity contribution is 0.521.